The van der Waals surface area contributed by atoms with Gasteiger partial charge in [0.25, 0.3) is 6.01 Å². The number of benzene rings is 1. The van der Waals surface area contributed by atoms with Gasteiger partial charge in [-0.15, -0.1) is 0 Å². The molecule has 1 aromatic heterocycles. The smallest absolute Gasteiger partial charge is 0.298 e. The molecule has 3 nitrogen and oxygen atoms in total. The summed E-state index contributed by atoms with van der Waals surface area (Å²) < 4.78 is 5.99. The highest BCUT2D eigenvalue weighted by atomic mass is 16.4. The number of aromatic nitrogens is 1. The average molecular weight is 256 g/mol. The lowest BCUT2D eigenvalue weighted by Gasteiger charge is -2.31. The van der Waals surface area contributed by atoms with Gasteiger partial charge >= 0.3 is 0 Å². The number of rotatable bonds is 1. The Morgan fingerprint density at radius 1 is 1.21 bits per heavy atom. The number of anilines is 1. The van der Waals surface area contributed by atoms with Crippen molar-refractivity contribution in [3.05, 3.63) is 24.3 Å². The normalized spacial score (nSPS) is 30.8. The van der Waals surface area contributed by atoms with Crippen LogP contribution in [0.4, 0.5) is 6.01 Å². The van der Waals surface area contributed by atoms with Gasteiger partial charge in [-0.2, -0.15) is 4.98 Å². The van der Waals surface area contributed by atoms with E-state index in [2.05, 4.69) is 11.8 Å². The van der Waals surface area contributed by atoms with Crippen LogP contribution in [0.5, 0.6) is 0 Å². The first-order chi connectivity index (χ1) is 9.33. The van der Waals surface area contributed by atoms with Crippen molar-refractivity contribution < 1.29 is 4.42 Å². The summed E-state index contributed by atoms with van der Waals surface area (Å²) >= 11 is 0. The van der Waals surface area contributed by atoms with Crippen molar-refractivity contribution in [1.82, 2.24) is 4.98 Å². The molecular formula is C16H20N2O. The van der Waals surface area contributed by atoms with Gasteiger partial charge in [-0.05, 0) is 44.2 Å². The Morgan fingerprint density at radius 2 is 2.05 bits per heavy atom. The molecule has 4 rings (SSSR count). The molecule has 100 valence electrons. The van der Waals surface area contributed by atoms with Gasteiger partial charge in [0.15, 0.2) is 5.58 Å². The van der Waals surface area contributed by atoms with E-state index in [1.807, 2.05) is 24.3 Å². The van der Waals surface area contributed by atoms with Crippen LogP contribution in [0.25, 0.3) is 11.1 Å². The third-order valence-corrected chi connectivity index (χ3v) is 4.85. The van der Waals surface area contributed by atoms with Crippen molar-refractivity contribution in [2.75, 3.05) is 4.90 Å². The zero-order valence-corrected chi connectivity index (χ0v) is 11.4. The number of oxazole rings is 1. The lowest BCUT2D eigenvalue weighted by Crippen LogP contribution is -2.38. The van der Waals surface area contributed by atoms with Crippen LogP contribution >= 0.6 is 0 Å². The highest BCUT2D eigenvalue weighted by molar-refractivity contribution is 5.74. The first-order valence-corrected chi connectivity index (χ1v) is 7.47. The Balaban J connectivity index is 1.73. The highest BCUT2D eigenvalue weighted by Gasteiger charge is 2.42. The second kappa shape index (κ2) is 4.26. The van der Waals surface area contributed by atoms with Gasteiger partial charge in [-0.25, -0.2) is 0 Å². The van der Waals surface area contributed by atoms with E-state index in [1.165, 1.54) is 32.1 Å². The van der Waals surface area contributed by atoms with Crippen LogP contribution < -0.4 is 4.90 Å². The van der Waals surface area contributed by atoms with Crippen molar-refractivity contribution in [2.45, 2.75) is 51.1 Å². The van der Waals surface area contributed by atoms with Gasteiger partial charge in [0.05, 0.1) is 0 Å². The number of hydrogen-bond acceptors (Lipinski definition) is 3. The molecule has 2 fully saturated rings. The fourth-order valence-electron chi connectivity index (χ4n) is 4.01. The van der Waals surface area contributed by atoms with Gasteiger partial charge in [0.1, 0.15) is 5.52 Å². The predicted molar refractivity (Wildman–Crippen MR) is 76.3 cm³/mol. The molecule has 3 heteroatoms. The molecule has 3 unspecified atom stereocenters. The largest absolute Gasteiger partial charge is 0.423 e. The molecule has 19 heavy (non-hydrogen) atoms. The number of nitrogens with zero attached hydrogens (tertiary/aromatic N) is 2. The van der Waals surface area contributed by atoms with Crippen molar-refractivity contribution in [1.29, 1.82) is 0 Å². The first-order valence-electron chi connectivity index (χ1n) is 7.47. The zero-order valence-electron chi connectivity index (χ0n) is 11.4. The summed E-state index contributed by atoms with van der Waals surface area (Å²) in [4.78, 5) is 7.14. The average Bonchev–Trinajstić information content (AvgIpc) is 2.97. The maximum atomic E-state index is 5.99. The Hall–Kier alpha value is -1.51. The van der Waals surface area contributed by atoms with Gasteiger partial charge in [0.2, 0.25) is 0 Å². The maximum absolute atomic E-state index is 5.99. The van der Waals surface area contributed by atoms with E-state index in [9.17, 15) is 0 Å². The molecule has 0 bridgehead atoms. The van der Waals surface area contributed by atoms with E-state index in [-0.39, 0.29) is 0 Å². The molecule has 1 aromatic carbocycles. The number of hydrogen-bond donors (Lipinski definition) is 0. The van der Waals surface area contributed by atoms with Crippen LogP contribution in [0.2, 0.25) is 0 Å². The predicted octanol–water partition coefficient (Wildman–Crippen LogP) is 3.99. The lowest BCUT2D eigenvalue weighted by molar-refractivity contribution is 0.336. The van der Waals surface area contributed by atoms with E-state index in [4.69, 9.17) is 9.40 Å². The molecule has 1 aliphatic heterocycles. The van der Waals surface area contributed by atoms with Crippen molar-refractivity contribution in [2.24, 2.45) is 5.92 Å². The third kappa shape index (κ3) is 1.75. The van der Waals surface area contributed by atoms with E-state index in [1.54, 1.807) is 0 Å². The highest BCUT2D eigenvalue weighted by Crippen LogP contribution is 2.42. The third-order valence-electron chi connectivity index (χ3n) is 4.85. The Kier molecular flexibility index (Phi) is 2.54. The van der Waals surface area contributed by atoms with E-state index in [0.717, 1.165) is 23.0 Å². The molecule has 2 heterocycles. The quantitative estimate of drug-likeness (QED) is 0.772. The van der Waals surface area contributed by atoms with Crippen LogP contribution in [0.1, 0.15) is 39.0 Å². The SMILES string of the molecule is CC1CC2CCCCC2N1c1nc2ccccc2o1. The fraction of sp³-hybridized carbons (Fsp3) is 0.562. The van der Waals surface area contributed by atoms with Crippen LogP contribution in [-0.2, 0) is 0 Å². The topological polar surface area (TPSA) is 29.3 Å². The molecule has 1 aliphatic carbocycles. The fourth-order valence-corrected chi connectivity index (χ4v) is 4.01. The van der Waals surface area contributed by atoms with Crippen molar-refractivity contribution >= 4 is 17.1 Å². The summed E-state index contributed by atoms with van der Waals surface area (Å²) in [7, 11) is 0. The zero-order chi connectivity index (χ0) is 12.8. The van der Waals surface area contributed by atoms with Crippen LogP contribution in [-0.4, -0.2) is 17.1 Å². The molecule has 2 aliphatic rings. The number of para-hydroxylation sites is 2. The van der Waals surface area contributed by atoms with Crippen LogP contribution in [0.3, 0.4) is 0 Å². The van der Waals surface area contributed by atoms with E-state index < -0.39 is 0 Å². The second-order valence-corrected chi connectivity index (χ2v) is 6.07. The number of fused-ring (bicyclic) bond motifs is 2. The van der Waals surface area contributed by atoms with Gasteiger partial charge in [0, 0.05) is 12.1 Å². The molecule has 0 radical (unpaired) electrons. The van der Waals surface area contributed by atoms with Crippen molar-refractivity contribution in [3.8, 4) is 0 Å². The molecule has 1 saturated carbocycles. The van der Waals surface area contributed by atoms with Crippen molar-refractivity contribution in [3.63, 3.8) is 0 Å². The monoisotopic (exact) mass is 256 g/mol. The molecule has 0 N–H and O–H groups in total. The molecule has 0 spiro atoms. The second-order valence-electron chi connectivity index (χ2n) is 6.07. The maximum Gasteiger partial charge on any atom is 0.298 e. The lowest BCUT2D eigenvalue weighted by atomic mass is 9.85. The van der Waals surface area contributed by atoms with Gasteiger partial charge < -0.3 is 9.32 Å². The summed E-state index contributed by atoms with van der Waals surface area (Å²) in [6, 6.07) is 10.1. The van der Waals surface area contributed by atoms with Gasteiger partial charge in [-0.1, -0.05) is 25.0 Å². The first kappa shape index (κ1) is 11.3. The van der Waals surface area contributed by atoms with Crippen LogP contribution in [0.15, 0.2) is 28.7 Å². The molecule has 0 amide bonds. The summed E-state index contributed by atoms with van der Waals surface area (Å²) in [5.41, 5.74) is 1.88. The summed E-state index contributed by atoms with van der Waals surface area (Å²) in [5.74, 6) is 0.846. The van der Waals surface area contributed by atoms with E-state index in [0.29, 0.717) is 12.1 Å². The Labute approximate surface area is 113 Å². The Morgan fingerprint density at radius 3 is 2.95 bits per heavy atom. The molecule has 1 saturated heterocycles. The van der Waals surface area contributed by atoms with E-state index >= 15 is 0 Å². The molecule has 3 atom stereocenters. The minimum absolute atomic E-state index is 0.557. The standard InChI is InChI=1S/C16H20N2O/c1-11-10-12-6-2-4-8-14(12)18(11)16-17-13-7-3-5-9-15(13)19-16/h3,5,7,9,11-12,14H,2,4,6,8,10H2,1H3. The minimum atomic E-state index is 0.557. The summed E-state index contributed by atoms with van der Waals surface area (Å²) in [6.07, 6.45) is 6.72. The molecular weight excluding hydrogens is 236 g/mol. The summed E-state index contributed by atoms with van der Waals surface area (Å²) in [5, 5.41) is 0. The molecule has 2 aromatic rings. The minimum Gasteiger partial charge on any atom is -0.423 e. The van der Waals surface area contributed by atoms with Crippen LogP contribution in [0, 0.1) is 5.92 Å². The Bertz CT molecular complexity index is 558. The summed E-state index contributed by atoms with van der Waals surface area (Å²) in [6.45, 7) is 2.31. The van der Waals surface area contributed by atoms with Gasteiger partial charge in [-0.3, -0.25) is 0 Å².